The highest BCUT2D eigenvalue weighted by Crippen LogP contribution is 2.33. The Hall–Kier alpha value is -3.80. The van der Waals surface area contributed by atoms with E-state index in [1.54, 1.807) is 24.3 Å². The molecule has 0 heterocycles. The van der Waals surface area contributed by atoms with Crippen LogP contribution in [-0.4, -0.2) is 23.5 Å². The van der Waals surface area contributed by atoms with Crippen LogP contribution in [0.15, 0.2) is 60.7 Å². The number of anilines is 2. The summed E-state index contributed by atoms with van der Waals surface area (Å²) in [5.74, 6) is 0.358. The van der Waals surface area contributed by atoms with E-state index >= 15 is 0 Å². The van der Waals surface area contributed by atoms with E-state index in [-0.39, 0.29) is 24.2 Å². The number of aryl methyl sites for hydroxylation is 1. The number of carbonyl (C=O) groups is 2. The van der Waals surface area contributed by atoms with Crippen molar-refractivity contribution in [2.24, 2.45) is 0 Å². The molecule has 0 aromatic heterocycles. The Morgan fingerprint density at radius 1 is 0.906 bits per heavy atom. The van der Waals surface area contributed by atoms with Crippen molar-refractivity contribution in [3.05, 3.63) is 82.9 Å². The number of aromatic hydroxyl groups is 1. The summed E-state index contributed by atoms with van der Waals surface area (Å²) in [5.41, 5.74) is 5.09. The molecule has 0 spiro atoms. The third-order valence-corrected chi connectivity index (χ3v) is 5.52. The van der Waals surface area contributed by atoms with Crippen LogP contribution in [0.1, 0.15) is 39.9 Å². The second-order valence-electron chi connectivity index (χ2n) is 7.98. The second kappa shape index (κ2) is 9.56. The Bertz CT molecular complexity index is 1140. The molecule has 2 amide bonds. The van der Waals surface area contributed by atoms with Gasteiger partial charge in [0, 0.05) is 16.9 Å². The molecular weight excluding hydrogens is 404 g/mol. The lowest BCUT2D eigenvalue weighted by Gasteiger charge is -2.22. The Kier molecular flexibility index (Phi) is 6.40. The number of ether oxygens (including phenoxy) is 1. The van der Waals surface area contributed by atoms with Crippen molar-refractivity contribution in [2.45, 2.75) is 32.6 Å². The molecule has 6 nitrogen and oxygen atoms in total. The van der Waals surface area contributed by atoms with Crippen molar-refractivity contribution in [3.63, 3.8) is 0 Å². The van der Waals surface area contributed by atoms with Gasteiger partial charge in [-0.3, -0.25) is 9.59 Å². The zero-order valence-corrected chi connectivity index (χ0v) is 18.0. The number of carbonyl (C=O) groups excluding carboxylic acids is 2. The van der Waals surface area contributed by atoms with Crippen molar-refractivity contribution >= 4 is 23.2 Å². The first-order chi connectivity index (χ1) is 15.5. The number of rotatable bonds is 6. The van der Waals surface area contributed by atoms with Gasteiger partial charge in [-0.05, 0) is 97.8 Å². The highest BCUT2D eigenvalue weighted by Gasteiger charge is 2.22. The van der Waals surface area contributed by atoms with Crippen LogP contribution >= 0.6 is 0 Å². The first-order valence-corrected chi connectivity index (χ1v) is 10.7. The fraction of sp³-hybridized carbons (Fsp3) is 0.231. The van der Waals surface area contributed by atoms with Gasteiger partial charge in [-0.2, -0.15) is 0 Å². The lowest BCUT2D eigenvalue weighted by atomic mass is 9.87. The third-order valence-electron chi connectivity index (χ3n) is 5.52. The Labute approximate surface area is 187 Å². The second-order valence-corrected chi connectivity index (χ2v) is 7.98. The molecule has 0 unspecified atom stereocenters. The predicted octanol–water partition coefficient (Wildman–Crippen LogP) is 4.85. The normalized spacial score (nSPS) is 12.5. The van der Waals surface area contributed by atoms with Crippen LogP contribution in [0.25, 0.3) is 0 Å². The number of benzene rings is 3. The van der Waals surface area contributed by atoms with E-state index < -0.39 is 0 Å². The Morgan fingerprint density at radius 2 is 1.66 bits per heavy atom. The van der Waals surface area contributed by atoms with E-state index in [9.17, 15) is 14.7 Å². The van der Waals surface area contributed by atoms with Gasteiger partial charge in [-0.25, -0.2) is 0 Å². The SMILES string of the molecule is Cc1cccc(NC(=O)c2ccc(OCC(=O)Nc3ccc(O)cc3)c3c2CCCC3)c1. The first kappa shape index (κ1) is 21.4. The summed E-state index contributed by atoms with van der Waals surface area (Å²) >= 11 is 0. The molecule has 164 valence electrons. The fourth-order valence-electron chi connectivity index (χ4n) is 3.99. The van der Waals surface area contributed by atoms with E-state index in [2.05, 4.69) is 10.6 Å². The summed E-state index contributed by atoms with van der Waals surface area (Å²) in [6.45, 7) is 1.85. The molecule has 0 bridgehead atoms. The Balaban J connectivity index is 1.47. The highest BCUT2D eigenvalue weighted by atomic mass is 16.5. The molecule has 0 atom stereocenters. The number of nitrogens with one attached hydrogen (secondary N) is 2. The van der Waals surface area contributed by atoms with Crippen LogP contribution < -0.4 is 15.4 Å². The van der Waals surface area contributed by atoms with E-state index in [0.29, 0.717) is 17.0 Å². The quantitative estimate of drug-likeness (QED) is 0.488. The molecule has 0 radical (unpaired) electrons. The number of phenols is 1. The maximum atomic E-state index is 13.0. The topological polar surface area (TPSA) is 87.7 Å². The van der Waals surface area contributed by atoms with Crippen LogP contribution in [0.5, 0.6) is 11.5 Å². The molecule has 0 fully saturated rings. The minimum atomic E-state index is -0.290. The molecule has 1 aliphatic carbocycles. The van der Waals surface area contributed by atoms with Crippen LogP contribution in [0.4, 0.5) is 11.4 Å². The van der Waals surface area contributed by atoms with Gasteiger partial charge in [0.15, 0.2) is 6.61 Å². The van der Waals surface area contributed by atoms with Crippen LogP contribution in [0, 0.1) is 6.92 Å². The molecule has 4 rings (SSSR count). The summed E-state index contributed by atoms with van der Waals surface area (Å²) in [7, 11) is 0. The molecule has 0 saturated heterocycles. The molecule has 3 N–H and O–H groups in total. The van der Waals surface area contributed by atoms with Gasteiger partial charge in [0.05, 0.1) is 0 Å². The average molecular weight is 431 g/mol. The smallest absolute Gasteiger partial charge is 0.262 e. The monoisotopic (exact) mass is 430 g/mol. The van der Waals surface area contributed by atoms with Crippen LogP contribution in [0.3, 0.4) is 0 Å². The zero-order chi connectivity index (χ0) is 22.5. The number of amides is 2. The van der Waals surface area contributed by atoms with Gasteiger partial charge in [-0.1, -0.05) is 12.1 Å². The maximum absolute atomic E-state index is 13.0. The van der Waals surface area contributed by atoms with E-state index in [1.807, 2.05) is 31.2 Å². The highest BCUT2D eigenvalue weighted by molar-refractivity contribution is 6.05. The van der Waals surface area contributed by atoms with E-state index in [1.165, 1.54) is 12.1 Å². The van der Waals surface area contributed by atoms with Crippen molar-refractivity contribution in [1.29, 1.82) is 0 Å². The molecule has 1 aliphatic rings. The standard InChI is InChI=1S/C26H26N2O4/c1-17-5-4-6-19(15-17)28-26(31)23-13-14-24(22-8-3-2-7-21(22)23)32-16-25(30)27-18-9-11-20(29)12-10-18/h4-6,9-15,29H,2-3,7-8,16H2,1H3,(H,27,30)(H,28,31). The number of hydrogen-bond donors (Lipinski definition) is 3. The van der Waals surface area contributed by atoms with Gasteiger partial charge in [-0.15, -0.1) is 0 Å². The largest absolute Gasteiger partial charge is 0.508 e. The van der Waals surface area contributed by atoms with Gasteiger partial charge in [0.2, 0.25) is 0 Å². The summed E-state index contributed by atoms with van der Waals surface area (Å²) in [6.07, 6.45) is 3.66. The summed E-state index contributed by atoms with van der Waals surface area (Å²) in [4.78, 5) is 25.2. The molecule has 0 saturated carbocycles. The Morgan fingerprint density at radius 3 is 2.41 bits per heavy atom. The fourth-order valence-corrected chi connectivity index (χ4v) is 3.99. The molecule has 3 aromatic carbocycles. The lowest BCUT2D eigenvalue weighted by molar-refractivity contribution is -0.118. The predicted molar refractivity (Wildman–Crippen MR) is 124 cm³/mol. The van der Waals surface area contributed by atoms with Crippen molar-refractivity contribution < 1.29 is 19.4 Å². The number of phenolic OH excluding ortho intramolecular Hbond substituents is 1. The van der Waals surface area contributed by atoms with Crippen molar-refractivity contribution in [1.82, 2.24) is 0 Å². The average Bonchev–Trinajstić information content (AvgIpc) is 2.79. The van der Waals surface area contributed by atoms with E-state index in [4.69, 9.17) is 4.74 Å². The van der Waals surface area contributed by atoms with Crippen molar-refractivity contribution in [3.8, 4) is 11.5 Å². The minimum absolute atomic E-state index is 0.134. The number of fused-ring (bicyclic) bond motifs is 1. The molecule has 3 aromatic rings. The van der Waals surface area contributed by atoms with Gasteiger partial charge >= 0.3 is 0 Å². The molecule has 6 heteroatoms. The summed E-state index contributed by atoms with van der Waals surface area (Å²) < 4.78 is 5.84. The van der Waals surface area contributed by atoms with Gasteiger partial charge in [0.25, 0.3) is 11.8 Å². The van der Waals surface area contributed by atoms with Gasteiger partial charge < -0.3 is 20.5 Å². The zero-order valence-electron chi connectivity index (χ0n) is 18.0. The summed E-state index contributed by atoms with van der Waals surface area (Å²) in [5, 5.41) is 15.1. The minimum Gasteiger partial charge on any atom is -0.508 e. The van der Waals surface area contributed by atoms with Gasteiger partial charge in [0.1, 0.15) is 11.5 Å². The lowest BCUT2D eigenvalue weighted by Crippen LogP contribution is -2.22. The first-order valence-electron chi connectivity index (χ1n) is 10.7. The molecule has 0 aliphatic heterocycles. The molecular formula is C26H26N2O4. The van der Waals surface area contributed by atoms with E-state index in [0.717, 1.165) is 48.1 Å². The molecule has 32 heavy (non-hydrogen) atoms. The van der Waals surface area contributed by atoms with Crippen LogP contribution in [-0.2, 0) is 17.6 Å². The van der Waals surface area contributed by atoms with Crippen molar-refractivity contribution in [2.75, 3.05) is 17.2 Å². The number of hydrogen-bond acceptors (Lipinski definition) is 4. The van der Waals surface area contributed by atoms with Crippen LogP contribution in [0.2, 0.25) is 0 Å². The third kappa shape index (κ3) is 5.09. The summed E-state index contributed by atoms with van der Waals surface area (Å²) in [6, 6.07) is 17.5. The maximum Gasteiger partial charge on any atom is 0.262 e.